The monoisotopic (exact) mass is 337 g/mol. The maximum atomic E-state index is 12.1. The van der Waals surface area contributed by atoms with Crippen molar-refractivity contribution in [1.29, 1.82) is 0 Å². The topological polar surface area (TPSA) is 56.7 Å². The molecular formula is C17H27N3O2S. The van der Waals surface area contributed by atoms with E-state index in [1.807, 2.05) is 10.3 Å². The van der Waals surface area contributed by atoms with Gasteiger partial charge in [-0.2, -0.15) is 0 Å². The molecule has 1 saturated heterocycles. The smallest absolute Gasteiger partial charge is 0.225 e. The number of likely N-dealkylation sites (tertiary alicyclic amines) is 1. The molecule has 2 fully saturated rings. The van der Waals surface area contributed by atoms with Crippen molar-refractivity contribution in [2.24, 2.45) is 5.92 Å². The summed E-state index contributed by atoms with van der Waals surface area (Å²) >= 11 is 1.63. The number of thiazole rings is 1. The quantitative estimate of drug-likeness (QED) is 0.865. The number of hydrogen-bond acceptors (Lipinski definition) is 5. The Kier molecular flexibility index (Phi) is 5.04. The van der Waals surface area contributed by atoms with Crippen LogP contribution >= 0.6 is 11.3 Å². The zero-order chi connectivity index (χ0) is 16.4. The third-order valence-electron chi connectivity index (χ3n) is 5.11. The molecule has 5 nitrogen and oxygen atoms in total. The highest BCUT2D eigenvalue weighted by molar-refractivity contribution is 7.09. The highest BCUT2D eigenvalue weighted by atomic mass is 32.1. The van der Waals surface area contributed by atoms with Crippen LogP contribution in [-0.4, -0.2) is 52.0 Å². The number of carbonyl (C=O) groups excluding carboxylic acids is 1. The average molecular weight is 337 g/mol. The van der Waals surface area contributed by atoms with Gasteiger partial charge in [0, 0.05) is 24.4 Å². The van der Waals surface area contributed by atoms with Crippen LogP contribution in [0.5, 0.6) is 0 Å². The molecule has 0 radical (unpaired) electrons. The van der Waals surface area contributed by atoms with E-state index in [0.29, 0.717) is 25.9 Å². The van der Waals surface area contributed by atoms with Gasteiger partial charge in [-0.3, -0.25) is 9.69 Å². The Morgan fingerprint density at radius 3 is 2.61 bits per heavy atom. The van der Waals surface area contributed by atoms with E-state index in [-0.39, 0.29) is 11.8 Å². The van der Waals surface area contributed by atoms with Crippen molar-refractivity contribution in [3.63, 3.8) is 0 Å². The van der Waals surface area contributed by atoms with Gasteiger partial charge in [-0.15, -0.1) is 11.3 Å². The first kappa shape index (κ1) is 16.9. The normalized spacial score (nSPS) is 21.0. The summed E-state index contributed by atoms with van der Waals surface area (Å²) < 4.78 is 0. The molecule has 2 aliphatic rings. The average Bonchev–Trinajstić information content (AvgIpc) is 3.31. The van der Waals surface area contributed by atoms with E-state index in [2.05, 4.69) is 23.7 Å². The molecule has 1 aliphatic heterocycles. The summed E-state index contributed by atoms with van der Waals surface area (Å²) in [5.41, 5.74) is -0.0681. The van der Waals surface area contributed by atoms with E-state index >= 15 is 0 Å². The molecule has 0 aromatic carbocycles. The lowest BCUT2D eigenvalue weighted by atomic mass is 9.88. The Bertz CT molecular complexity index is 544. The van der Waals surface area contributed by atoms with Gasteiger partial charge in [-0.1, -0.05) is 13.8 Å². The molecule has 128 valence electrons. The molecule has 23 heavy (non-hydrogen) atoms. The lowest BCUT2D eigenvalue weighted by Crippen LogP contribution is -2.45. The van der Waals surface area contributed by atoms with Crippen LogP contribution in [0, 0.1) is 5.92 Å². The van der Waals surface area contributed by atoms with Crippen LogP contribution in [0.25, 0.3) is 0 Å². The van der Waals surface area contributed by atoms with Crippen molar-refractivity contribution in [3.8, 4) is 0 Å². The number of hydrogen-bond donors (Lipinski definition) is 1. The van der Waals surface area contributed by atoms with Gasteiger partial charge in [0.15, 0.2) is 0 Å². The molecule has 2 heterocycles. The van der Waals surface area contributed by atoms with Gasteiger partial charge in [-0.25, -0.2) is 4.98 Å². The van der Waals surface area contributed by atoms with Gasteiger partial charge in [0.1, 0.15) is 10.6 Å². The fourth-order valence-corrected chi connectivity index (χ4v) is 4.11. The largest absolute Gasteiger partial charge is 0.383 e. The van der Waals surface area contributed by atoms with Crippen LogP contribution < -0.4 is 0 Å². The molecule has 0 bridgehead atoms. The second kappa shape index (κ2) is 6.87. The van der Waals surface area contributed by atoms with E-state index in [9.17, 15) is 9.90 Å². The molecule has 1 N–H and O–H groups in total. The summed E-state index contributed by atoms with van der Waals surface area (Å²) in [5.74, 6) is 0.550. The van der Waals surface area contributed by atoms with Crippen LogP contribution in [0.3, 0.4) is 0 Å². The summed E-state index contributed by atoms with van der Waals surface area (Å²) in [6.07, 6.45) is 3.28. The molecule has 0 atom stereocenters. The predicted molar refractivity (Wildman–Crippen MR) is 91.2 cm³/mol. The minimum absolute atomic E-state index is 0.265. The van der Waals surface area contributed by atoms with Crippen molar-refractivity contribution >= 4 is 17.2 Å². The SMILES string of the molecule is CCN(CC)Cc1nc(C2(O)CCN(C(=O)C3CC3)CC2)cs1. The molecule has 1 aliphatic carbocycles. The number of aromatic nitrogens is 1. The van der Waals surface area contributed by atoms with E-state index in [1.165, 1.54) is 0 Å². The van der Waals surface area contributed by atoms with Gasteiger partial charge >= 0.3 is 0 Å². The fraction of sp³-hybridized carbons (Fsp3) is 0.765. The standard InChI is InChI=1S/C17H27N3O2S/c1-3-19(4-2)11-15-18-14(12-23-15)17(22)7-9-20(10-8-17)16(21)13-5-6-13/h12-13,22H,3-11H2,1-2H3. The van der Waals surface area contributed by atoms with Gasteiger partial charge < -0.3 is 10.0 Å². The van der Waals surface area contributed by atoms with Crippen molar-refractivity contribution in [2.75, 3.05) is 26.2 Å². The van der Waals surface area contributed by atoms with Gasteiger partial charge in [0.05, 0.1) is 12.2 Å². The summed E-state index contributed by atoms with van der Waals surface area (Å²) in [7, 11) is 0. The first-order chi connectivity index (χ1) is 11.1. The summed E-state index contributed by atoms with van der Waals surface area (Å²) in [6.45, 7) is 8.46. The first-order valence-corrected chi connectivity index (χ1v) is 9.62. The lowest BCUT2D eigenvalue weighted by Gasteiger charge is -2.37. The molecule has 0 spiro atoms. The Morgan fingerprint density at radius 1 is 1.39 bits per heavy atom. The van der Waals surface area contributed by atoms with Gasteiger partial charge in [-0.05, 0) is 38.8 Å². The second-order valence-electron chi connectivity index (χ2n) is 6.72. The highest BCUT2D eigenvalue weighted by Crippen LogP contribution is 2.36. The summed E-state index contributed by atoms with van der Waals surface area (Å²) in [5, 5.41) is 14.0. The number of aliphatic hydroxyl groups is 1. The maximum Gasteiger partial charge on any atom is 0.225 e. The Morgan fingerprint density at radius 2 is 2.04 bits per heavy atom. The van der Waals surface area contributed by atoms with Crippen LogP contribution in [-0.2, 0) is 16.9 Å². The van der Waals surface area contributed by atoms with Crippen LogP contribution in [0.2, 0.25) is 0 Å². The van der Waals surface area contributed by atoms with E-state index in [0.717, 1.165) is 43.2 Å². The van der Waals surface area contributed by atoms with E-state index < -0.39 is 5.60 Å². The number of carbonyl (C=O) groups is 1. The highest BCUT2D eigenvalue weighted by Gasteiger charge is 2.40. The van der Waals surface area contributed by atoms with Crippen LogP contribution in [0.1, 0.15) is 50.2 Å². The third kappa shape index (κ3) is 3.75. The van der Waals surface area contributed by atoms with E-state index in [1.54, 1.807) is 11.3 Å². The zero-order valence-electron chi connectivity index (χ0n) is 14.1. The number of rotatable bonds is 6. The molecule has 1 saturated carbocycles. The van der Waals surface area contributed by atoms with Crippen molar-refractivity contribution in [2.45, 2.75) is 51.7 Å². The molecule has 6 heteroatoms. The Labute approximate surface area is 142 Å². The van der Waals surface area contributed by atoms with E-state index in [4.69, 9.17) is 0 Å². The maximum absolute atomic E-state index is 12.1. The second-order valence-corrected chi connectivity index (χ2v) is 7.66. The zero-order valence-corrected chi connectivity index (χ0v) is 14.9. The van der Waals surface area contributed by atoms with Crippen molar-refractivity contribution < 1.29 is 9.90 Å². The summed E-state index contributed by atoms with van der Waals surface area (Å²) in [6, 6.07) is 0. The lowest BCUT2D eigenvalue weighted by molar-refractivity contribution is -0.137. The van der Waals surface area contributed by atoms with Gasteiger partial charge in [0.25, 0.3) is 0 Å². The Balaban J connectivity index is 1.60. The number of amides is 1. The molecular weight excluding hydrogens is 310 g/mol. The van der Waals surface area contributed by atoms with Gasteiger partial charge in [0.2, 0.25) is 5.91 Å². The first-order valence-electron chi connectivity index (χ1n) is 8.74. The number of piperidine rings is 1. The molecule has 1 aromatic rings. The predicted octanol–water partition coefficient (Wildman–Crippen LogP) is 2.20. The number of nitrogens with zero attached hydrogens (tertiary/aromatic N) is 3. The summed E-state index contributed by atoms with van der Waals surface area (Å²) in [4.78, 5) is 21.1. The molecule has 3 rings (SSSR count). The molecule has 1 aromatic heterocycles. The van der Waals surface area contributed by atoms with Crippen molar-refractivity contribution in [1.82, 2.24) is 14.8 Å². The Hall–Kier alpha value is -0.980. The molecule has 1 amide bonds. The van der Waals surface area contributed by atoms with Crippen LogP contribution in [0.4, 0.5) is 0 Å². The molecule has 0 unspecified atom stereocenters. The van der Waals surface area contributed by atoms with Crippen LogP contribution in [0.15, 0.2) is 5.38 Å². The third-order valence-corrected chi connectivity index (χ3v) is 5.94. The minimum atomic E-state index is -0.863. The van der Waals surface area contributed by atoms with Crippen molar-refractivity contribution in [3.05, 3.63) is 16.1 Å². The fourth-order valence-electron chi connectivity index (χ4n) is 3.18. The minimum Gasteiger partial charge on any atom is -0.383 e.